The van der Waals surface area contributed by atoms with Crippen molar-refractivity contribution in [2.45, 2.75) is 17.8 Å². The first kappa shape index (κ1) is 14.2. The topological polar surface area (TPSA) is 26.3 Å². The third-order valence-electron chi connectivity index (χ3n) is 3.28. The fourth-order valence-electron chi connectivity index (χ4n) is 2.34. The van der Waals surface area contributed by atoms with E-state index in [1.54, 1.807) is 0 Å². The summed E-state index contributed by atoms with van der Waals surface area (Å²) in [6.45, 7) is 0. The lowest BCUT2D eigenvalue weighted by atomic mass is 10.0. The molecule has 2 aromatic rings. The molecule has 1 aliphatic rings. The summed E-state index contributed by atoms with van der Waals surface area (Å²) in [6, 6.07) is 19.9. The summed E-state index contributed by atoms with van der Waals surface area (Å²) in [4.78, 5) is 0. The monoisotopic (exact) mass is 324 g/mol. The molecule has 3 rings (SSSR count). The molecule has 0 saturated carbocycles. The van der Waals surface area contributed by atoms with Gasteiger partial charge in [-0.3, -0.25) is 4.57 Å². The van der Waals surface area contributed by atoms with Crippen molar-refractivity contribution in [2.75, 3.05) is 0 Å². The van der Waals surface area contributed by atoms with E-state index in [0.717, 1.165) is 17.5 Å². The second kappa shape index (κ2) is 5.95. The molecule has 5 heteroatoms. The lowest BCUT2D eigenvalue weighted by Gasteiger charge is -2.32. The molecule has 1 unspecified atom stereocenters. The van der Waals surface area contributed by atoms with Crippen molar-refractivity contribution in [3.63, 3.8) is 0 Å². The lowest BCUT2D eigenvalue weighted by molar-refractivity contribution is 0.205. The van der Waals surface area contributed by atoms with Crippen LogP contribution in [0.25, 0.3) is 0 Å². The van der Waals surface area contributed by atoms with Crippen LogP contribution in [0, 0.1) is 0 Å². The molecule has 104 valence electrons. The summed E-state index contributed by atoms with van der Waals surface area (Å²) in [6.07, 6.45) is 0.557. The first-order valence-corrected chi connectivity index (χ1v) is 10.4. The van der Waals surface area contributed by atoms with E-state index in [1.165, 1.54) is 11.4 Å². The van der Waals surface area contributed by atoms with Gasteiger partial charge in [-0.25, -0.2) is 0 Å². The van der Waals surface area contributed by atoms with Crippen molar-refractivity contribution in [2.24, 2.45) is 0 Å². The van der Waals surface area contributed by atoms with Crippen molar-refractivity contribution in [3.05, 3.63) is 71.8 Å². The standard InChI is InChI=1S/C15H14ClO2PS/c16-19(17)18-14(12-7-3-1-4-8-12)11-15(20-19)13-9-5-2-6-10-13/h1-10,14-15H,11H2/t14-,15+,19?/m1/s1. The molecular weight excluding hydrogens is 311 g/mol. The van der Waals surface area contributed by atoms with E-state index in [-0.39, 0.29) is 11.4 Å². The number of halogens is 1. The van der Waals surface area contributed by atoms with Gasteiger partial charge in [-0.1, -0.05) is 60.7 Å². The van der Waals surface area contributed by atoms with Crippen LogP contribution >= 0.6 is 28.5 Å². The van der Waals surface area contributed by atoms with E-state index >= 15 is 0 Å². The number of benzene rings is 2. The first-order chi connectivity index (χ1) is 9.64. The van der Waals surface area contributed by atoms with Crippen LogP contribution in [0.1, 0.15) is 28.9 Å². The molecule has 1 saturated heterocycles. The van der Waals surface area contributed by atoms with E-state index in [0.29, 0.717) is 0 Å². The highest BCUT2D eigenvalue weighted by Gasteiger charge is 2.38. The van der Waals surface area contributed by atoms with Crippen LogP contribution < -0.4 is 0 Å². The zero-order chi connectivity index (χ0) is 14.0. The minimum atomic E-state index is -3.14. The van der Waals surface area contributed by atoms with E-state index in [1.807, 2.05) is 60.7 Å². The highest BCUT2D eigenvalue weighted by molar-refractivity contribution is 8.63. The van der Waals surface area contributed by atoms with Crippen LogP contribution in [0.15, 0.2) is 60.7 Å². The van der Waals surface area contributed by atoms with E-state index in [2.05, 4.69) is 0 Å². The molecule has 1 aliphatic heterocycles. The van der Waals surface area contributed by atoms with E-state index < -0.39 is 5.92 Å². The van der Waals surface area contributed by atoms with Gasteiger partial charge in [0.2, 0.25) is 0 Å². The average Bonchev–Trinajstić information content (AvgIpc) is 2.47. The van der Waals surface area contributed by atoms with Gasteiger partial charge in [0.05, 0.1) is 6.10 Å². The summed E-state index contributed by atoms with van der Waals surface area (Å²) in [5, 5.41) is 0.0958. The Morgan fingerprint density at radius 2 is 1.55 bits per heavy atom. The van der Waals surface area contributed by atoms with Crippen molar-refractivity contribution >= 4 is 28.5 Å². The maximum atomic E-state index is 12.3. The Morgan fingerprint density at radius 3 is 2.15 bits per heavy atom. The van der Waals surface area contributed by atoms with Gasteiger partial charge in [0.25, 0.3) is 0 Å². The predicted molar refractivity (Wildman–Crippen MR) is 85.1 cm³/mol. The second-order valence-electron chi connectivity index (χ2n) is 4.68. The Bertz CT molecular complexity index is 569. The van der Waals surface area contributed by atoms with Crippen LogP contribution in [0.3, 0.4) is 0 Å². The quantitative estimate of drug-likeness (QED) is 0.637. The van der Waals surface area contributed by atoms with Gasteiger partial charge in [-0.2, -0.15) is 0 Å². The fraction of sp³-hybridized carbons (Fsp3) is 0.200. The maximum Gasteiger partial charge on any atom is 0.347 e. The summed E-state index contributed by atoms with van der Waals surface area (Å²) < 4.78 is 17.9. The van der Waals surface area contributed by atoms with Crippen molar-refractivity contribution < 1.29 is 9.09 Å². The molecule has 0 amide bonds. The molecule has 2 aromatic carbocycles. The highest BCUT2D eigenvalue weighted by Crippen LogP contribution is 2.75. The van der Waals surface area contributed by atoms with Crippen molar-refractivity contribution in [3.8, 4) is 0 Å². The number of hydrogen-bond acceptors (Lipinski definition) is 3. The molecule has 2 nitrogen and oxygen atoms in total. The number of hydrogen-bond donors (Lipinski definition) is 0. The Morgan fingerprint density at radius 1 is 1.00 bits per heavy atom. The minimum Gasteiger partial charge on any atom is -0.302 e. The first-order valence-electron chi connectivity index (χ1n) is 6.40. The van der Waals surface area contributed by atoms with Crippen molar-refractivity contribution in [1.29, 1.82) is 0 Å². The average molecular weight is 325 g/mol. The molecule has 20 heavy (non-hydrogen) atoms. The Labute approximate surface area is 127 Å². The van der Waals surface area contributed by atoms with Gasteiger partial charge in [0, 0.05) is 5.25 Å². The van der Waals surface area contributed by atoms with Crippen LogP contribution in [-0.4, -0.2) is 0 Å². The normalized spacial score (nSPS) is 30.1. The van der Waals surface area contributed by atoms with Gasteiger partial charge in [-0.05, 0) is 40.2 Å². The van der Waals surface area contributed by atoms with Crippen LogP contribution in [0.2, 0.25) is 0 Å². The molecule has 0 radical (unpaired) electrons. The third kappa shape index (κ3) is 3.29. The molecular formula is C15H14ClO2PS. The molecule has 1 heterocycles. The van der Waals surface area contributed by atoms with Gasteiger partial charge < -0.3 is 4.52 Å². The SMILES string of the molecule is O=P1(Cl)O[C@@H](c2ccccc2)C[C@@H](c2ccccc2)S1. The van der Waals surface area contributed by atoms with E-state index in [4.69, 9.17) is 15.8 Å². The molecule has 0 aliphatic carbocycles. The van der Waals surface area contributed by atoms with Crippen LogP contribution in [-0.2, 0) is 9.09 Å². The van der Waals surface area contributed by atoms with Gasteiger partial charge in [0.15, 0.2) is 0 Å². The third-order valence-corrected chi connectivity index (χ3v) is 7.49. The summed E-state index contributed by atoms with van der Waals surface area (Å²) in [7, 11) is 0. The largest absolute Gasteiger partial charge is 0.347 e. The maximum absolute atomic E-state index is 12.3. The second-order valence-corrected chi connectivity index (χ2v) is 10.5. The Hall–Kier alpha value is -0.730. The van der Waals surface area contributed by atoms with E-state index in [9.17, 15) is 4.57 Å². The molecule has 0 N–H and O–H groups in total. The number of rotatable bonds is 2. The van der Waals surface area contributed by atoms with Crippen LogP contribution in [0.5, 0.6) is 0 Å². The minimum absolute atomic E-state index is 0.0958. The Kier molecular flexibility index (Phi) is 4.23. The zero-order valence-corrected chi connectivity index (χ0v) is 13.2. The summed E-state index contributed by atoms with van der Waals surface area (Å²) in [5.74, 6) is -3.14. The Balaban J connectivity index is 1.89. The summed E-state index contributed by atoms with van der Waals surface area (Å²) >= 11 is 7.30. The summed E-state index contributed by atoms with van der Waals surface area (Å²) in [5.41, 5.74) is 2.16. The highest BCUT2D eigenvalue weighted by atomic mass is 35.7. The molecule has 3 atom stereocenters. The smallest absolute Gasteiger partial charge is 0.302 e. The molecule has 0 spiro atoms. The lowest BCUT2D eigenvalue weighted by Crippen LogP contribution is -2.10. The fourth-order valence-corrected chi connectivity index (χ4v) is 6.89. The van der Waals surface area contributed by atoms with Crippen LogP contribution in [0.4, 0.5) is 0 Å². The molecule has 0 bridgehead atoms. The predicted octanol–water partition coefficient (Wildman–Crippen LogP) is 5.97. The van der Waals surface area contributed by atoms with Gasteiger partial charge in [0.1, 0.15) is 0 Å². The zero-order valence-electron chi connectivity index (χ0n) is 10.7. The van der Waals surface area contributed by atoms with Gasteiger partial charge in [-0.15, -0.1) is 0 Å². The molecule has 1 fully saturated rings. The van der Waals surface area contributed by atoms with Gasteiger partial charge >= 0.3 is 5.92 Å². The molecule has 0 aromatic heterocycles. The van der Waals surface area contributed by atoms with Crippen molar-refractivity contribution in [1.82, 2.24) is 0 Å².